The average molecular weight is 217 g/mol. The first-order valence-corrected chi connectivity index (χ1v) is 5.30. The normalized spacial score (nSPS) is 18.3. The molecule has 90 valence electrons. The first-order chi connectivity index (χ1) is 6.97. The van der Waals surface area contributed by atoms with E-state index in [1.807, 2.05) is 20.8 Å². The molecule has 0 saturated carbocycles. The van der Waals surface area contributed by atoms with Crippen LogP contribution in [0.5, 0.6) is 0 Å². The third-order valence-electron chi connectivity index (χ3n) is 2.09. The minimum Gasteiger partial charge on any atom is -0.400 e. The largest absolute Gasteiger partial charge is 0.400 e. The van der Waals surface area contributed by atoms with E-state index in [1.54, 1.807) is 0 Å². The van der Waals surface area contributed by atoms with Crippen LogP contribution in [0.4, 0.5) is 0 Å². The van der Waals surface area contributed by atoms with Crippen LogP contribution in [0.2, 0.25) is 0 Å². The summed E-state index contributed by atoms with van der Waals surface area (Å²) in [5.41, 5.74) is -0.0819. The van der Waals surface area contributed by atoms with Crippen LogP contribution in [0.1, 0.15) is 33.6 Å². The zero-order valence-corrected chi connectivity index (χ0v) is 10.2. The number of ether oxygens (including phenoxy) is 1. The Morgan fingerprint density at radius 3 is 2.13 bits per heavy atom. The van der Waals surface area contributed by atoms with Gasteiger partial charge in [-0.15, -0.1) is 0 Å². The molecule has 0 aliphatic carbocycles. The summed E-state index contributed by atoms with van der Waals surface area (Å²) in [4.78, 5) is 13.1. The van der Waals surface area contributed by atoms with Crippen LogP contribution in [-0.4, -0.2) is 48.3 Å². The van der Waals surface area contributed by atoms with Crippen LogP contribution >= 0.6 is 0 Å². The monoisotopic (exact) mass is 217 g/mol. The molecular formula is C11H23NO3. The Morgan fingerprint density at radius 2 is 1.73 bits per heavy atom. The number of hydrogen-bond acceptors (Lipinski definition) is 4. The summed E-state index contributed by atoms with van der Waals surface area (Å²) in [6, 6.07) is 0. The fourth-order valence-corrected chi connectivity index (χ4v) is 1.22. The molecule has 15 heavy (non-hydrogen) atoms. The van der Waals surface area contributed by atoms with Gasteiger partial charge < -0.3 is 9.84 Å². The number of aliphatic hydroxyl groups excluding tert-OH is 1. The molecule has 1 aliphatic rings. The number of carbonyl (C=O) groups excluding carboxylic acids is 1. The maximum absolute atomic E-state index is 10.9. The molecule has 0 atom stereocenters. The maximum atomic E-state index is 10.9. The second kappa shape index (κ2) is 6.93. The Balaban J connectivity index is 0.000000921. The van der Waals surface area contributed by atoms with E-state index >= 15 is 0 Å². The molecule has 0 aromatic rings. The summed E-state index contributed by atoms with van der Waals surface area (Å²) in [6.07, 6.45) is 1.38. The zero-order chi connectivity index (χ0) is 11.9. The van der Waals surface area contributed by atoms with Crippen LogP contribution < -0.4 is 0 Å². The minimum absolute atomic E-state index is 0.0819. The third kappa shape index (κ3) is 7.48. The fraction of sp³-hybridized carbons (Fsp3) is 0.909. The lowest BCUT2D eigenvalue weighted by atomic mass is 10.1. The molecule has 1 fully saturated rings. The van der Waals surface area contributed by atoms with Crippen LogP contribution in [0.15, 0.2) is 0 Å². The van der Waals surface area contributed by atoms with Crippen LogP contribution in [0.25, 0.3) is 0 Å². The molecule has 1 heterocycles. The number of carbonyl (C=O) groups is 1. The highest BCUT2D eigenvalue weighted by molar-refractivity contribution is 5.79. The average Bonchev–Trinajstić information content (AvgIpc) is 2.19. The Bertz CT molecular complexity index is 177. The van der Waals surface area contributed by atoms with Crippen molar-refractivity contribution >= 4 is 5.78 Å². The van der Waals surface area contributed by atoms with Crippen molar-refractivity contribution in [3.63, 3.8) is 0 Å². The van der Waals surface area contributed by atoms with Gasteiger partial charge in [0.2, 0.25) is 0 Å². The number of aliphatic hydroxyl groups is 1. The van der Waals surface area contributed by atoms with Gasteiger partial charge in [-0.3, -0.25) is 9.69 Å². The van der Waals surface area contributed by atoms with Gasteiger partial charge in [0.1, 0.15) is 5.78 Å². The first-order valence-electron chi connectivity index (χ1n) is 5.30. The van der Waals surface area contributed by atoms with E-state index in [2.05, 4.69) is 4.90 Å². The van der Waals surface area contributed by atoms with Crippen molar-refractivity contribution in [2.45, 2.75) is 39.2 Å². The standard InChI is InChI=1S/C10H19NO2.CH4O/c1-10(2,3)13-8-11-6-4-9(12)5-7-11;1-2/h4-8H2,1-3H3;2H,1H3. The van der Waals surface area contributed by atoms with E-state index in [1.165, 1.54) is 0 Å². The molecule has 0 spiro atoms. The molecule has 0 aromatic heterocycles. The van der Waals surface area contributed by atoms with Crippen molar-refractivity contribution in [1.29, 1.82) is 0 Å². The predicted molar refractivity (Wildman–Crippen MR) is 59.7 cm³/mol. The summed E-state index contributed by atoms with van der Waals surface area (Å²) < 4.78 is 5.62. The van der Waals surface area contributed by atoms with E-state index in [4.69, 9.17) is 9.84 Å². The quantitative estimate of drug-likeness (QED) is 0.750. The highest BCUT2D eigenvalue weighted by Gasteiger charge is 2.18. The topological polar surface area (TPSA) is 49.8 Å². The second-order valence-corrected chi connectivity index (χ2v) is 4.54. The summed E-state index contributed by atoms with van der Waals surface area (Å²) in [6.45, 7) is 8.49. The van der Waals surface area contributed by atoms with Gasteiger partial charge in [-0.2, -0.15) is 0 Å². The van der Waals surface area contributed by atoms with Gasteiger partial charge in [0, 0.05) is 33.0 Å². The van der Waals surface area contributed by atoms with Crippen molar-refractivity contribution in [3.8, 4) is 0 Å². The number of piperidine rings is 1. The van der Waals surface area contributed by atoms with Gasteiger partial charge in [-0.25, -0.2) is 0 Å². The molecule has 0 amide bonds. The smallest absolute Gasteiger partial charge is 0.135 e. The van der Waals surface area contributed by atoms with E-state index < -0.39 is 0 Å². The molecule has 4 nitrogen and oxygen atoms in total. The highest BCUT2D eigenvalue weighted by Crippen LogP contribution is 2.10. The van der Waals surface area contributed by atoms with Crippen molar-refractivity contribution in [3.05, 3.63) is 0 Å². The van der Waals surface area contributed by atoms with Crippen molar-refractivity contribution < 1.29 is 14.6 Å². The van der Waals surface area contributed by atoms with E-state index in [0.717, 1.165) is 20.2 Å². The summed E-state index contributed by atoms with van der Waals surface area (Å²) in [5, 5.41) is 7.00. The van der Waals surface area contributed by atoms with Crippen LogP contribution in [-0.2, 0) is 9.53 Å². The Morgan fingerprint density at radius 1 is 1.27 bits per heavy atom. The highest BCUT2D eigenvalue weighted by atomic mass is 16.5. The van der Waals surface area contributed by atoms with Crippen molar-refractivity contribution in [2.75, 3.05) is 26.9 Å². The SMILES string of the molecule is CC(C)(C)OCN1CCC(=O)CC1.CO. The van der Waals surface area contributed by atoms with Gasteiger partial charge in [0.15, 0.2) is 0 Å². The second-order valence-electron chi connectivity index (χ2n) is 4.54. The fourth-order valence-electron chi connectivity index (χ4n) is 1.22. The van der Waals surface area contributed by atoms with E-state index in [9.17, 15) is 4.79 Å². The molecule has 1 aliphatic heterocycles. The summed E-state index contributed by atoms with van der Waals surface area (Å²) in [5.74, 6) is 0.381. The number of likely N-dealkylation sites (tertiary alicyclic amines) is 1. The molecule has 1 rings (SSSR count). The van der Waals surface area contributed by atoms with E-state index in [0.29, 0.717) is 25.4 Å². The molecule has 1 saturated heterocycles. The maximum Gasteiger partial charge on any atom is 0.135 e. The Hall–Kier alpha value is -0.450. The molecule has 0 unspecified atom stereocenters. The van der Waals surface area contributed by atoms with Gasteiger partial charge in [-0.1, -0.05) is 0 Å². The summed E-state index contributed by atoms with van der Waals surface area (Å²) >= 11 is 0. The Kier molecular flexibility index (Phi) is 6.72. The lowest BCUT2D eigenvalue weighted by Crippen LogP contribution is -2.38. The van der Waals surface area contributed by atoms with Crippen molar-refractivity contribution in [1.82, 2.24) is 4.90 Å². The molecule has 4 heteroatoms. The number of rotatable bonds is 2. The van der Waals surface area contributed by atoms with Gasteiger partial charge in [0.05, 0.1) is 12.3 Å². The molecular weight excluding hydrogens is 194 g/mol. The third-order valence-corrected chi connectivity index (χ3v) is 2.09. The van der Waals surface area contributed by atoms with E-state index in [-0.39, 0.29) is 5.60 Å². The van der Waals surface area contributed by atoms with Crippen molar-refractivity contribution in [2.24, 2.45) is 0 Å². The number of nitrogens with zero attached hydrogens (tertiary/aromatic N) is 1. The van der Waals surface area contributed by atoms with Gasteiger partial charge in [-0.05, 0) is 20.8 Å². The molecule has 0 aromatic carbocycles. The first kappa shape index (κ1) is 14.6. The zero-order valence-electron chi connectivity index (χ0n) is 10.2. The molecule has 1 N–H and O–H groups in total. The predicted octanol–water partition coefficient (Wildman–Crippen LogP) is 1.03. The Labute approximate surface area is 92.2 Å². The van der Waals surface area contributed by atoms with Gasteiger partial charge in [0.25, 0.3) is 0 Å². The summed E-state index contributed by atoms with van der Waals surface area (Å²) in [7, 11) is 1.00. The van der Waals surface area contributed by atoms with Gasteiger partial charge >= 0.3 is 0 Å². The number of Topliss-reactive ketones (excluding diaryl/α,β-unsaturated/α-hetero) is 1. The molecule has 0 radical (unpaired) electrons. The minimum atomic E-state index is -0.0819. The number of ketones is 1. The van der Waals surface area contributed by atoms with Crippen LogP contribution in [0.3, 0.4) is 0 Å². The van der Waals surface area contributed by atoms with Crippen LogP contribution in [0, 0.1) is 0 Å². The lowest BCUT2D eigenvalue weighted by Gasteiger charge is -2.29. The number of hydrogen-bond donors (Lipinski definition) is 1. The molecule has 0 bridgehead atoms. The lowest BCUT2D eigenvalue weighted by molar-refractivity contribution is -0.124.